The van der Waals surface area contributed by atoms with Crippen LogP contribution in [0.15, 0.2) is 18.5 Å². The molecule has 16 heavy (non-hydrogen) atoms. The first kappa shape index (κ1) is 11.2. The van der Waals surface area contributed by atoms with Crippen LogP contribution in [0.3, 0.4) is 0 Å². The second kappa shape index (κ2) is 4.73. The van der Waals surface area contributed by atoms with E-state index in [2.05, 4.69) is 11.8 Å². The average molecular weight is 220 g/mol. The number of piperidine rings is 1. The normalized spacial score (nSPS) is 21.1. The largest absolute Gasteiger partial charge is 0.356 e. The van der Waals surface area contributed by atoms with Crippen molar-refractivity contribution in [3.05, 3.63) is 24.0 Å². The predicted octanol–water partition coefficient (Wildman–Crippen LogP) is 2.43. The molecule has 1 aromatic heterocycles. The molecule has 1 saturated heterocycles. The maximum absolute atomic E-state index is 12.3. The van der Waals surface area contributed by atoms with Gasteiger partial charge in [0.15, 0.2) is 0 Å². The Kier molecular flexibility index (Phi) is 3.32. The number of hydrogen-bond acceptors (Lipinski definition) is 1. The van der Waals surface area contributed by atoms with Crippen molar-refractivity contribution >= 4 is 5.91 Å². The Morgan fingerprint density at radius 3 is 2.94 bits per heavy atom. The van der Waals surface area contributed by atoms with Crippen LogP contribution in [-0.4, -0.2) is 28.0 Å². The van der Waals surface area contributed by atoms with Crippen LogP contribution in [0, 0.1) is 0 Å². The molecule has 1 fully saturated rings. The number of carbonyl (C=O) groups excluding carboxylic acids is 1. The zero-order chi connectivity index (χ0) is 11.5. The lowest BCUT2D eigenvalue weighted by molar-refractivity contribution is 0.0608. The van der Waals surface area contributed by atoms with E-state index in [1.54, 1.807) is 0 Å². The van der Waals surface area contributed by atoms with E-state index >= 15 is 0 Å². The number of amides is 1. The van der Waals surface area contributed by atoms with Crippen molar-refractivity contribution in [1.29, 1.82) is 0 Å². The quantitative estimate of drug-likeness (QED) is 0.751. The minimum absolute atomic E-state index is 0.201. The van der Waals surface area contributed by atoms with Crippen molar-refractivity contribution < 1.29 is 4.79 Å². The molecule has 0 N–H and O–H groups in total. The van der Waals surface area contributed by atoms with Crippen LogP contribution in [0.1, 0.15) is 43.0 Å². The predicted molar refractivity (Wildman–Crippen MR) is 64.4 cm³/mol. The van der Waals surface area contributed by atoms with E-state index < -0.39 is 0 Å². The summed E-state index contributed by atoms with van der Waals surface area (Å²) in [5, 5.41) is 0. The van der Waals surface area contributed by atoms with Gasteiger partial charge in [0.25, 0.3) is 5.91 Å². The number of aromatic nitrogens is 1. The summed E-state index contributed by atoms with van der Waals surface area (Å²) in [5.41, 5.74) is 0.822. The van der Waals surface area contributed by atoms with Gasteiger partial charge in [-0.05, 0) is 31.7 Å². The molecule has 2 rings (SSSR count). The molecule has 88 valence electrons. The molecule has 1 aliphatic heterocycles. The summed E-state index contributed by atoms with van der Waals surface area (Å²) in [5.74, 6) is 0.201. The molecular weight excluding hydrogens is 200 g/mol. The zero-order valence-electron chi connectivity index (χ0n) is 10.1. The number of nitrogens with zero attached hydrogens (tertiary/aromatic N) is 2. The Balaban J connectivity index is 2.13. The lowest BCUT2D eigenvalue weighted by atomic mass is 9.99. The molecule has 0 spiro atoms. The second-order valence-electron chi connectivity index (χ2n) is 4.62. The third kappa shape index (κ3) is 2.13. The lowest BCUT2D eigenvalue weighted by Crippen LogP contribution is -2.43. The van der Waals surface area contributed by atoms with Crippen molar-refractivity contribution in [2.24, 2.45) is 7.05 Å². The first-order chi connectivity index (χ1) is 7.72. The minimum Gasteiger partial charge on any atom is -0.356 e. The van der Waals surface area contributed by atoms with Gasteiger partial charge in [0, 0.05) is 32.0 Å². The molecule has 1 aliphatic rings. The first-order valence-corrected chi connectivity index (χ1v) is 6.15. The fourth-order valence-corrected chi connectivity index (χ4v) is 2.49. The SMILES string of the molecule is CCC1CCCCN1C(=O)c1ccn(C)c1. The van der Waals surface area contributed by atoms with Crippen LogP contribution in [0.4, 0.5) is 0 Å². The van der Waals surface area contributed by atoms with E-state index in [4.69, 9.17) is 0 Å². The third-order valence-electron chi connectivity index (χ3n) is 3.44. The molecule has 0 aromatic carbocycles. The number of likely N-dealkylation sites (tertiary alicyclic amines) is 1. The Labute approximate surface area is 97.1 Å². The van der Waals surface area contributed by atoms with Crippen LogP contribution in [0.25, 0.3) is 0 Å². The van der Waals surface area contributed by atoms with Crippen LogP contribution in [-0.2, 0) is 7.05 Å². The molecular formula is C13H20N2O. The highest BCUT2D eigenvalue weighted by Crippen LogP contribution is 2.21. The van der Waals surface area contributed by atoms with Crippen molar-refractivity contribution in [2.75, 3.05) is 6.54 Å². The van der Waals surface area contributed by atoms with Crippen LogP contribution in [0.5, 0.6) is 0 Å². The van der Waals surface area contributed by atoms with E-state index in [-0.39, 0.29) is 5.91 Å². The molecule has 1 atom stereocenters. The van der Waals surface area contributed by atoms with Gasteiger partial charge in [0.2, 0.25) is 0 Å². The molecule has 0 radical (unpaired) electrons. The molecule has 3 heteroatoms. The van der Waals surface area contributed by atoms with Crippen molar-refractivity contribution in [1.82, 2.24) is 9.47 Å². The highest BCUT2D eigenvalue weighted by atomic mass is 16.2. The van der Waals surface area contributed by atoms with Gasteiger partial charge < -0.3 is 9.47 Å². The highest BCUT2D eigenvalue weighted by molar-refractivity contribution is 5.94. The summed E-state index contributed by atoms with van der Waals surface area (Å²) < 4.78 is 1.93. The molecule has 2 heterocycles. The highest BCUT2D eigenvalue weighted by Gasteiger charge is 2.26. The summed E-state index contributed by atoms with van der Waals surface area (Å²) in [7, 11) is 1.95. The Morgan fingerprint density at radius 2 is 2.31 bits per heavy atom. The number of hydrogen-bond donors (Lipinski definition) is 0. The summed E-state index contributed by atoms with van der Waals surface area (Å²) in [6, 6.07) is 2.35. The summed E-state index contributed by atoms with van der Waals surface area (Å²) in [6.45, 7) is 3.09. The molecule has 3 nitrogen and oxygen atoms in total. The lowest BCUT2D eigenvalue weighted by Gasteiger charge is -2.35. The first-order valence-electron chi connectivity index (χ1n) is 6.15. The van der Waals surface area contributed by atoms with Gasteiger partial charge in [-0.15, -0.1) is 0 Å². The minimum atomic E-state index is 0.201. The van der Waals surface area contributed by atoms with Gasteiger partial charge in [-0.2, -0.15) is 0 Å². The van der Waals surface area contributed by atoms with E-state index in [0.29, 0.717) is 6.04 Å². The summed E-state index contributed by atoms with van der Waals surface area (Å²) in [6.07, 6.45) is 8.47. The maximum atomic E-state index is 12.3. The van der Waals surface area contributed by atoms with E-state index in [1.807, 2.05) is 30.1 Å². The molecule has 0 aliphatic carbocycles. The van der Waals surface area contributed by atoms with Gasteiger partial charge in [-0.3, -0.25) is 4.79 Å². The van der Waals surface area contributed by atoms with Gasteiger partial charge in [0.1, 0.15) is 0 Å². The van der Waals surface area contributed by atoms with Gasteiger partial charge in [-0.25, -0.2) is 0 Å². The fourth-order valence-electron chi connectivity index (χ4n) is 2.49. The van der Waals surface area contributed by atoms with Gasteiger partial charge in [0.05, 0.1) is 5.56 Å². The molecule has 0 bridgehead atoms. The van der Waals surface area contributed by atoms with Crippen LogP contribution >= 0.6 is 0 Å². The Morgan fingerprint density at radius 1 is 1.50 bits per heavy atom. The Hall–Kier alpha value is -1.25. The molecule has 1 amide bonds. The number of rotatable bonds is 2. The standard InChI is InChI=1S/C13H20N2O/c1-3-12-6-4-5-8-15(12)13(16)11-7-9-14(2)10-11/h7,9-10,12H,3-6,8H2,1-2H3. The van der Waals surface area contributed by atoms with Crippen LogP contribution in [0.2, 0.25) is 0 Å². The summed E-state index contributed by atoms with van der Waals surface area (Å²) in [4.78, 5) is 14.3. The molecule has 1 unspecified atom stereocenters. The zero-order valence-corrected chi connectivity index (χ0v) is 10.1. The smallest absolute Gasteiger partial charge is 0.255 e. The molecule has 1 aromatic rings. The topological polar surface area (TPSA) is 25.2 Å². The van der Waals surface area contributed by atoms with E-state index in [9.17, 15) is 4.79 Å². The molecule has 0 saturated carbocycles. The average Bonchev–Trinajstić information content (AvgIpc) is 2.75. The summed E-state index contributed by atoms with van der Waals surface area (Å²) >= 11 is 0. The van der Waals surface area contributed by atoms with E-state index in [0.717, 1.165) is 31.4 Å². The van der Waals surface area contributed by atoms with Crippen LogP contribution < -0.4 is 0 Å². The Bertz CT molecular complexity index is 370. The van der Waals surface area contributed by atoms with Crippen molar-refractivity contribution in [3.8, 4) is 0 Å². The van der Waals surface area contributed by atoms with Gasteiger partial charge >= 0.3 is 0 Å². The second-order valence-corrected chi connectivity index (χ2v) is 4.62. The fraction of sp³-hybridized carbons (Fsp3) is 0.615. The number of carbonyl (C=O) groups is 1. The van der Waals surface area contributed by atoms with E-state index in [1.165, 1.54) is 6.42 Å². The maximum Gasteiger partial charge on any atom is 0.255 e. The van der Waals surface area contributed by atoms with Crippen molar-refractivity contribution in [2.45, 2.75) is 38.6 Å². The monoisotopic (exact) mass is 220 g/mol. The number of aryl methyl sites for hydroxylation is 1. The van der Waals surface area contributed by atoms with Gasteiger partial charge in [-0.1, -0.05) is 6.92 Å². The van der Waals surface area contributed by atoms with Crippen molar-refractivity contribution in [3.63, 3.8) is 0 Å². The third-order valence-corrected chi connectivity index (χ3v) is 3.44.